The van der Waals surface area contributed by atoms with Gasteiger partial charge in [-0.1, -0.05) is 101 Å². The molecule has 0 aliphatic heterocycles. The molecule has 6 nitrogen and oxygen atoms in total. The van der Waals surface area contributed by atoms with Crippen LogP contribution in [0.25, 0.3) is 0 Å². The molecule has 1 atom stereocenters. The van der Waals surface area contributed by atoms with Crippen LogP contribution in [0.4, 0.5) is 0 Å². The monoisotopic (exact) mass is 567 g/mol. The molecule has 0 bridgehead atoms. The quantitative estimate of drug-likeness (QED) is 0.234. The van der Waals surface area contributed by atoms with Crippen molar-refractivity contribution < 1.29 is 24.3 Å². The maximum atomic E-state index is 13.9. The van der Waals surface area contributed by atoms with Gasteiger partial charge in [-0.05, 0) is 53.0 Å². The molecule has 1 saturated carbocycles. The summed E-state index contributed by atoms with van der Waals surface area (Å²) >= 11 is 0. The number of nitrogens with one attached hydrogen (secondary N) is 1. The van der Waals surface area contributed by atoms with Crippen LogP contribution < -0.4 is 5.32 Å². The summed E-state index contributed by atoms with van der Waals surface area (Å²) in [6, 6.07) is 22.1. The number of amides is 1. The molecule has 2 N–H and O–H groups in total. The Hall–Kier alpha value is -4.06. The highest BCUT2D eigenvalue weighted by atomic mass is 16.4. The Morgan fingerprint density at radius 1 is 0.786 bits per heavy atom. The van der Waals surface area contributed by atoms with Crippen molar-refractivity contribution in [2.45, 2.75) is 83.0 Å². The Morgan fingerprint density at radius 3 is 1.93 bits per heavy atom. The van der Waals surface area contributed by atoms with E-state index in [1.807, 2.05) is 36.4 Å². The highest BCUT2D eigenvalue weighted by Gasteiger charge is 2.27. The molecule has 3 aromatic rings. The van der Waals surface area contributed by atoms with Gasteiger partial charge in [-0.2, -0.15) is 0 Å². The number of carbonyl (C=O) groups is 4. The molecular formula is C36H41NO5. The van der Waals surface area contributed by atoms with Gasteiger partial charge in [-0.25, -0.2) is 0 Å². The number of benzene rings is 3. The predicted molar refractivity (Wildman–Crippen MR) is 164 cm³/mol. The predicted octanol–water partition coefficient (Wildman–Crippen LogP) is 7.48. The normalized spacial score (nSPS) is 14.6. The van der Waals surface area contributed by atoms with Crippen LogP contribution in [0.15, 0.2) is 72.8 Å². The summed E-state index contributed by atoms with van der Waals surface area (Å²) in [4.78, 5) is 50.6. The Morgan fingerprint density at radius 2 is 1.36 bits per heavy atom. The molecule has 1 aliphatic carbocycles. The Kier molecular flexibility index (Phi) is 10.1. The molecule has 1 amide bonds. The van der Waals surface area contributed by atoms with Crippen LogP contribution in [-0.2, 0) is 10.2 Å². The van der Waals surface area contributed by atoms with Crippen LogP contribution in [0.1, 0.15) is 125 Å². The van der Waals surface area contributed by atoms with Crippen molar-refractivity contribution in [2.75, 3.05) is 6.54 Å². The first-order valence-electron chi connectivity index (χ1n) is 14.9. The number of hydrogen-bond donors (Lipinski definition) is 2. The Bertz CT molecular complexity index is 1390. The van der Waals surface area contributed by atoms with Crippen LogP contribution in [0.5, 0.6) is 0 Å². The lowest BCUT2D eigenvalue weighted by molar-refractivity contribution is -0.136. The third-order valence-corrected chi connectivity index (χ3v) is 8.25. The largest absolute Gasteiger partial charge is 0.481 e. The molecule has 1 fully saturated rings. The van der Waals surface area contributed by atoms with Crippen LogP contribution in [0.2, 0.25) is 0 Å². The van der Waals surface area contributed by atoms with Gasteiger partial charge in [0, 0.05) is 29.7 Å². The van der Waals surface area contributed by atoms with Crippen molar-refractivity contribution in [1.82, 2.24) is 5.32 Å². The summed E-state index contributed by atoms with van der Waals surface area (Å²) in [6.45, 7) is 6.37. The van der Waals surface area contributed by atoms with Crippen LogP contribution in [0.3, 0.4) is 0 Å². The maximum absolute atomic E-state index is 13.9. The third-order valence-electron chi connectivity index (χ3n) is 8.25. The van der Waals surface area contributed by atoms with E-state index in [1.165, 1.54) is 37.7 Å². The van der Waals surface area contributed by atoms with Gasteiger partial charge in [-0.3, -0.25) is 19.2 Å². The number of hydrogen-bond acceptors (Lipinski definition) is 4. The van der Waals surface area contributed by atoms with E-state index in [2.05, 4.69) is 38.2 Å². The van der Waals surface area contributed by atoms with E-state index in [1.54, 1.807) is 24.3 Å². The lowest BCUT2D eigenvalue weighted by atomic mass is 9.82. The molecule has 6 heteroatoms. The van der Waals surface area contributed by atoms with E-state index < -0.39 is 17.8 Å². The molecule has 42 heavy (non-hydrogen) atoms. The topological polar surface area (TPSA) is 101 Å². The average molecular weight is 568 g/mol. The van der Waals surface area contributed by atoms with Gasteiger partial charge < -0.3 is 10.4 Å². The molecule has 1 aliphatic rings. The summed E-state index contributed by atoms with van der Waals surface area (Å²) in [7, 11) is 0. The standard InChI is InChI=1S/C36H41NO5/c1-36(2,3)30-19-17-28(18-20-30)34(41)31(26-11-15-29(16-12-26)35(42)37-22-21-33(39)40)23-32(38)27-13-9-25(10-14-27)24-7-5-4-6-8-24/h9-20,24,31H,4-8,21-23H2,1-3H3,(H,37,42)(H,39,40). The fourth-order valence-electron chi connectivity index (χ4n) is 5.63. The van der Waals surface area contributed by atoms with Gasteiger partial charge in [0.25, 0.3) is 5.91 Å². The summed E-state index contributed by atoms with van der Waals surface area (Å²) < 4.78 is 0. The summed E-state index contributed by atoms with van der Waals surface area (Å²) in [5.74, 6) is -1.81. The lowest BCUT2D eigenvalue weighted by Crippen LogP contribution is -2.26. The maximum Gasteiger partial charge on any atom is 0.305 e. The number of rotatable bonds is 11. The highest BCUT2D eigenvalue weighted by molar-refractivity contribution is 6.06. The second-order valence-corrected chi connectivity index (χ2v) is 12.4. The fourth-order valence-corrected chi connectivity index (χ4v) is 5.63. The number of carboxylic acid groups (broad SMARTS) is 1. The van der Waals surface area contributed by atoms with Crippen LogP contribution in [0, 0.1) is 0 Å². The lowest BCUT2D eigenvalue weighted by Gasteiger charge is -2.22. The zero-order chi connectivity index (χ0) is 30.3. The summed E-state index contributed by atoms with van der Waals surface area (Å²) in [5, 5.41) is 11.4. The van der Waals surface area contributed by atoms with Gasteiger partial charge >= 0.3 is 5.97 Å². The summed E-state index contributed by atoms with van der Waals surface area (Å²) in [6.07, 6.45) is 5.99. The number of Topliss-reactive ketones (excluding diaryl/α,β-unsaturated/α-hetero) is 2. The van der Waals surface area contributed by atoms with E-state index in [4.69, 9.17) is 5.11 Å². The average Bonchev–Trinajstić information content (AvgIpc) is 2.99. The van der Waals surface area contributed by atoms with Crippen molar-refractivity contribution in [3.8, 4) is 0 Å². The smallest absolute Gasteiger partial charge is 0.305 e. The van der Waals surface area contributed by atoms with Crippen molar-refractivity contribution in [3.63, 3.8) is 0 Å². The van der Waals surface area contributed by atoms with Crippen molar-refractivity contribution in [2.24, 2.45) is 0 Å². The Balaban J connectivity index is 1.56. The van der Waals surface area contributed by atoms with Crippen molar-refractivity contribution >= 4 is 23.4 Å². The second kappa shape index (κ2) is 13.7. The Labute approximate surface area is 248 Å². The number of ketones is 2. The molecule has 4 rings (SSSR count). The summed E-state index contributed by atoms with van der Waals surface area (Å²) in [5.41, 5.74) is 4.46. The third kappa shape index (κ3) is 8.03. The first kappa shape index (κ1) is 30.9. The van der Waals surface area contributed by atoms with Crippen molar-refractivity contribution in [1.29, 1.82) is 0 Å². The molecule has 0 radical (unpaired) electrons. The molecule has 3 aromatic carbocycles. The minimum Gasteiger partial charge on any atom is -0.481 e. The number of carbonyl (C=O) groups excluding carboxylic acids is 3. The van der Waals surface area contributed by atoms with Gasteiger partial charge in [-0.15, -0.1) is 0 Å². The first-order chi connectivity index (χ1) is 20.0. The molecule has 1 unspecified atom stereocenters. The minimum absolute atomic E-state index is 0.00673. The van der Waals surface area contributed by atoms with E-state index in [0.717, 1.165) is 5.56 Å². The van der Waals surface area contributed by atoms with Gasteiger partial charge in [0.1, 0.15) is 0 Å². The minimum atomic E-state index is -0.990. The molecule has 220 valence electrons. The number of aliphatic carboxylic acids is 1. The van der Waals surface area contributed by atoms with Gasteiger partial charge in [0.15, 0.2) is 11.6 Å². The van der Waals surface area contributed by atoms with E-state index >= 15 is 0 Å². The first-order valence-corrected chi connectivity index (χ1v) is 14.9. The van der Waals surface area contributed by atoms with E-state index in [0.29, 0.717) is 28.2 Å². The zero-order valence-corrected chi connectivity index (χ0v) is 24.8. The molecule has 0 heterocycles. The number of carboxylic acids is 1. The van der Waals surface area contributed by atoms with E-state index in [-0.39, 0.29) is 36.4 Å². The van der Waals surface area contributed by atoms with E-state index in [9.17, 15) is 19.2 Å². The zero-order valence-electron chi connectivity index (χ0n) is 24.8. The fraction of sp³-hybridized carbons (Fsp3) is 0.389. The molecule has 0 aromatic heterocycles. The molecule has 0 spiro atoms. The molecule has 0 saturated heterocycles. The van der Waals surface area contributed by atoms with Crippen LogP contribution >= 0.6 is 0 Å². The SMILES string of the molecule is CC(C)(C)c1ccc(C(=O)C(CC(=O)c2ccc(C3CCCCC3)cc2)c2ccc(C(=O)NCCC(=O)O)cc2)cc1. The second-order valence-electron chi connectivity index (χ2n) is 12.4. The van der Waals surface area contributed by atoms with Gasteiger partial charge in [0.2, 0.25) is 0 Å². The highest BCUT2D eigenvalue weighted by Crippen LogP contribution is 2.33. The molecular weight excluding hydrogens is 526 g/mol. The van der Waals surface area contributed by atoms with Crippen LogP contribution in [-0.4, -0.2) is 35.1 Å². The van der Waals surface area contributed by atoms with Gasteiger partial charge in [0.05, 0.1) is 12.3 Å². The van der Waals surface area contributed by atoms with Crippen molar-refractivity contribution in [3.05, 3.63) is 106 Å².